The number of anilines is 1. The molecule has 1 saturated heterocycles. The van der Waals surface area contributed by atoms with Crippen molar-refractivity contribution in [3.05, 3.63) is 22.1 Å². The molecule has 1 fully saturated rings. The van der Waals surface area contributed by atoms with Gasteiger partial charge >= 0.3 is 0 Å². The van der Waals surface area contributed by atoms with Crippen LogP contribution < -0.4 is 10.5 Å². The Kier molecular flexibility index (Phi) is 3.24. The number of hydrogen-bond donors (Lipinski definition) is 1. The maximum Gasteiger partial charge on any atom is 0.275 e. The maximum absolute atomic E-state index is 11.8. The molecule has 0 saturated carbocycles. The molecular weight excluding hydrogens is 264 g/mol. The second-order valence-corrected chi connectivity index (χ2v) is 5.89. The Morgan fingerprint density at radius 3 is 3.21 bits per heavy atom. The minimum absolute atomic E-state index is 0.138. The number of piperidine rings is 1. The molecule has 0 aliphatic carbocycles. The van der Waals surface area contributed by atoms with Crippen LogP contribution in [0.5, 0.6) is 0 Å². The lowest BCUT2D eigenvalue weighted by atomic mass is 10.00. The first-order valence-corrected chi connectivity index (χ1v) is 7.22. The summed E-state index contributed by atoms with van der Waals surface area (Å²) in [5.74, 6) is 0.298. The minimum atomic E-state index is -0.138. The van der Waals surface area contributed by atoms with Crippen molar-refractivity contribution >= 4 is 21.4 Å². The first-order valence-electron chi connectivity index (χ1n) is 6.40. The summed E-state index contributed by atoms with van der Waals surface area (Å²) >= 11 is 1.43. The third-order valence-corrected chi connectivity index (χ3v) is 4.38. The lowest BCUT2D eigenvalue weighted by molar-refractivity contribution is 0.208. The van der Waals surface area contributed by atoms with Gasteiger partial charge in [-0.15, -0.1) is 5.10 Å². The Balaban J connectivity index is 1.97. The van der Waals surface area contributed by atoms with E-state index in [-0.39, 0.29) is 12.2 Å². The SMILES string of the molecule is Cc1cc(=O)n2nc(N3CCC[C@@H](CO)C3)sc2n1. The van der Waals surface area contributed by atoms with E-state index in [1.165, 1.54) is 21.9 Å². The summed E-state index contributed by atoms with van der Waals surface area (Å²) in [6, 6.07) is 1.49. The molecule has 1 atom stereocenters. The number of aryl methyl sites for hydroxylation is 1. The van der Waals surface area contributed by atoms with Crippen LogP contribution >= 0.6 is 11.3 Å². The molecule has 0 radical (unpaired) electrons. The summed E-state index contributed by atoms with van der Waals surface area (Å²) in [6.45, 7) is 3.73. The van der Waals surface area contributed by atoms with Crippen molar-refractivity contribution in [3.8, 4) is 0 Å². The van der Waals surface area contributed by atoms with Gasteiger partial charge in [0.1, 0.15) is 0 Å². The molecule has 19 heavy (non-hydrogen) atoms. The van der Waals surface area contributed by atoms with Gasteiger partial charge in [0.15, 0.2) is 0 Å². The normalized spacial score (nSPS) is 20.1. The molecule has 1 aliphatic heterocycles. The fraction of sp³-hybridized carbons (Fsp3) is 0.583. The van der Waals surface area contributed by atoms with Gasteiger partial charge in [-0.2, -0.15) is 4.52 Å². The Labute approximate surface area is 114 Å². The molecule has 1 aliphatic rings. The highest BCUT2D eigenvalue weighted by Crippen LogP contribution is 2.26. The van der Waals surface area contributed by atoms with Gasteiger partial charge in [0.2, 0.25) is 10.1 Å². The van der Waals surface area contributed by atoms with Crippen molar-refractivity contribution in [2.24, 2.45) is 5.92 Å². The minimum Gasteiger partial charge on any atom is -0.396 e. The zero-order chi connectivity index (χ0) is 13.4. The smallest absolute Gasteiger partial charge is 0.275 e. The predicted octanol–water partition coefficient (Wildman–Crippen LogP) is 0.668. The quantitative estimate of drug-likeness (QED) is 0.875. The Morgan fingerprint density at radius 2 is 2.42 bits per heavy atom. The van der Waals surface area contributed by atoms with Crippen LogP contribution in [0.1, 0.15) is 18.5 Å². The Hall–Kier alpha value is -1.47. The van der Waals surface area contributed by atoms with Gasteiger partial charge in [-0.05, 0) is 25.7 Å². The summed E-state index contributed by atoms with van der Waals surface area (Å²) in [5.41, 5.74) is 0.577. The van der Waals surface area contributed by atoms with E-state index in [1.807, 2.05) is 6.92 Å². The number of hydrogen-bond acceptors (Lipinski definition) is 6. The maximum atomic E-state index is 11.8. The van der Waals surface area contributed by atoms with Gasteiger partial charge in [-0.3, -0.25) is 4.79 Å². The number of fused-ring (bicyclic) bond motifs is 1. The summed E-state index contributed by atoms with van der Waals surface area (Å²) in [6.07, 6.45) is 2.09. The van der Waals surface area contributed by atoms with Crippen molar-refractivity contribution in [2.75, 3.05) is 24.6 Å². The molecule has 102 valence electrons. The van der Waals surface area contributed by atoms with Gasteiger partial charge in [0, 0.05) is 31.5 Å². The average Bonchev–Trinajstić information content (AvgIpc) is 2.83. The van der Waals surface area contributed by atoms with Crippen LogP contribution in [0.15, 0.2) is 10.9 Å². The van der Waals surface area contributed by atoms with Crippen molar-refractivity contribution in [2.45, 2.75) is 19.8 Å². The largest absolute Gasteiger partial charge is 0.396 e. The molecule has 2 aromatic heterocycles. The van der Waals surface area contributed by atoms with Crippen molar-refractivity contribution in [3.63, 3.8) is 0 Å². The van der Waals surface area contributed by atoms with Gasteiger partial charge < -0.3 is 10.0 Å². The van der Waals surface area contributed by atoms with Crippen molar-refractivity contribution in [1.29, 1.82) is 0 Å². The number of aromatic nitrogens is 3. The predicted molar refractivity (Wildman–Crippen MR) is 73.9 cm³/mol. The molecule has 0 spiro atoms. The fourth-order valence-corrected chi connectivity index (χ4v) is 3.41. The van der Waals surface area contributed by atoms with Crippen LogP contribution in [0, 0.1) is 12.8 Å². The highest BCUT2D eigenvalue weighted by atomic mass is 32.1. The molecule has 3 heterocycles. The molecule has 6 nitrogen and oxygen atoms in total. The third kappa shape index (κ3) is 2.35. The van der Waals surface area contributed by atoms with E-state index in [0.717, 1.165) is 31.1 Å². The zero-order valence-electron chi connectivity index (χ0n) is 10.7. The monoisotopic (exact) mass is 280 g/mol. The van der Waals surface area contributed by atoms with Gasteiger partial charge in [0.05, 0.1) is 0 Å². The van der Waals surface area contributed by atoms with E-state index in [2.05, 4.69) is 15.0 Å². The van der Waals surface area contributed by atoms with Crippen molar-refractivity contribution < 1.29 is 5.11 Å². The molecule has 2 aromatic rings. The zero-order valence-corrected chi connectivity index (χ0v) is 11.6. The van der Waals surface area contributed by atoms with Gasteiger partial charge in [-0.1, -0.05) is 11.3 Å². The van der Waals surface area contributed by atoms with Gasteiger partial charge in [-0.25, -0.2) is 4.98 Å². The molecule has 7 heteroatoms. The van der Waals surface area contributed by atoms with Gasteiger partial charge in [0.25, 0.3) is 5.56 Å². The van der Waals surface area contributed by atoms with Crippen LogP contribution in [0.4, 0.5) is 5.13 Å². The van der Waals surface area contributed by atoms with Crippen molar-refractivity contribution in [1.82, 2.24) is 14.6 Å². The Bertz CT molecular complexity index is 651. The average molecular weight is 280 g/mol. The third-order valence-electron chi connectivity index (χ3n) is 3.41. The number of rotatable bonds is 2. The van der Waals surface area contributed by atoms with Crippen LogP contribution in [-0.2, 0) is 0 Å². The standard InChI is InChI=1S/C12H16N4O2S/c1-8-5-10(18)16-11(13-8)19-12(14-16)15-4-2-3-9(6-15)7-17/h5,9,17H,2-4,6-7H2,1H3/t9-/m1/s1. The van der Waals surface area contributed by atoms with Crippen LogP contribution in [0.25, 0.3) is 4.96 Å². The highest BCUT2D eigenvalue weighted by Gasteiger charge is 2.22. The summed E-state index contributed by atoms with van der Waals surface area (Å²) < 4.78 is 1.36. The first-order chi connectivity index (χ1) is 9.17. The summed E-state index contributed by atoms with van der Waals surface area (Å²) in [7, 11) is 0. The van der Waals surface area contributed by atoms with E-state index in [0.29, 0.717) is 16.6 Å². The van der Waals surface area contributed by atoms with Crippen LogP contribution in [0.3, 0.4) is 0 Å². The summed E-state index contributed by atoms with van der Waals surface area (Å²) in [5, 5.41) is 14.4. The molecule has 0 aromatic carbocycles. The lowest BCUT2D eigenvalue weighted by Crippen LogP contribution is -2.36. The fourth-order valence-electron chi connectivity index (χ4n) is 2.43. The number of nitrogens with zero attached hydrogens (tertiary/aromatic N) is 4. The van der Waals surface area contributed by atoms with E-state index in [4.69, 9.17) is 0 Å². The second-order valence-electron chi connectivity index (χ2n) is 4.95. The van der Waals surface area contributed by atoms with E-state index in [1.54, 1.807) is 0 Å². The van der Waals surface area contributed by atoms with Crippen LogP contribution in [-0.4, -0.2) is 39.4 Å². The lowest BCUT2D eigenvalue weighted by Gasteiger charge is -2.31. The second kappa shape index (κ2) is 4.90. The topological polar surface area (TPSA) is 70.7 Å². The molecule has 3 rings (SSSR count). The van der Waals surface area contributed by atoms with E-state index >= 15 is 0 Å². The number of aliphatic hydroxyl groups is 1. The molecular formula is C12H16N4O2S. The summed E-state index contributed by atoms with van der Waals surface area (Å²) in [4.78, 5) is 18.9. The number of aliphatic hydroxyl groups excluding tert-OH is 1. The molecule has 0 unspecified atom stereocenters. The molecule has 1 N–H and O–H groups in total. The van der Waals surface area contributed by atoms with Crippen LogP contribution in [0.2, 0.25) is 0 Å². The molecule has 0 amide bonds. The van der Waals surface area contributed by atoms with E-state index < -0.39 is 0 Å². The van der Waals surface area contributed by atoms with E-state index in [9.17, 15) is 9.90 Å². The first kappa shape index (κ1) is 12.6. The molecule has 0 bridgehead atoms. The highest BCUT2D eigenvalue weighted by molar-refractivity contribution is 7.20. The Morgan fingerprint density at radius 1 is 1.58 bits per heavy atom.